The Morgan fingerprint density at radius 3 is 2.83 bits per heavy atom. The third-order valence-electron chi connectivity index (χ3n) is 2.77. The number of nitrogens with one attached hydrogen (secondary N) is 1. The van der Waals surface area contributed by atoms with E-state index in [2.05, 4.69) is 27.3 Å². The highest BCUT2D eigenvalue weighted by Gasteiger charge is 2.06. The van der Waals surface area contributed by atoms with E-state index in [0.29, 0.717) is 0 Å². The van der Waals surface area contributed by atoms with Gasteiger partial charge in [0.05, 0.1) is 12.5 Å². The minimum absolute atomic E-state index is 0.798. The highest BCUT2D eigenvalue weighted by atomic mass is 16.3. The molecule has 0 unspecified atom stereocenters. The van der Waals surface area contributed by atoms with Crippen molar-refractivity contribution in [2.45, 2.75) is 20.0 Å². The molecule has 0 atom stereocenters. The van der Waals surface area contributed by atoms with Crippen molar-refractivity contribution in [3.63, 3.8) is 0 Å². The van der Waals surface area contributed by atoms with E-state index >= 15 is 0 Å². The first-order valence-corrected chi connectivity index (χ1v) is 6.03. The molecule has 18 heavy (non-hydrogen) atoms. The Balaban J connectivity index is 2.16. The van der Waals surface area contributed by atoms with Crippen molar-refractivity contribution in [3.05, 3.63) is 47.5 Å². The van der Waals surface area contributed by atoms with Crippen molar-refractivity contribution >= 4 is 5.82 Å². The number of hydrogen-bond donors (Lipinski definition) is 1. The van der Waals surface area contributed by atoms with Crippen LogP contribution in [0.1, 0.15) is 16.8 Å². The smallest absolute Gasteiger partial charge is 0.129 e. The van der Waals surface area contributed by atoms with Gasteiger partial charge < -0.3 is 14.6 Å². The molecule has 2 heterocycles. The zero-order valence-corrected chi connectivity index (χ0v) is 11.1. The normalized spacial score (nSPS) is 10.6. The van der Waals surface area contributed by atoms with Crippen molar-refractivity contribution in [1.82, 2.24) is 10.3 Å². The van der Waals surface area contributed by atoms with E-state index in [0.717, 1.165) is 30.2 Å². The number of hydrogen-bond acceptors (Lipinski definition) is 4. The van der Waals surface area contributed by atoms with Gasteiger partial charge in [0.25, 0.3) is 0 Å². The largest absolute Gasteiger partial charge is 0.472 e. The molecule has 0 aromatic carbocycles. The monoisotopic (exact) mass is 245 g/mol. The molecule has 0 saturated heterocycles. The van der Waals surface area contributed by atoms with Gasteiger partial charge in [-0.3, -0.25) is 0 Å². The van der Waals surface area contributed by atoms with E-state index in [1.54, 1.807) is 12.5 Å². The zero-order chi connectivity index (χ0) is 13.0. The summed E-state index contributed by atoms with van der Waals surface area (Å²) in [7, 11) is 3.99. The first-order valence-electron chi connectivity index (χ1n) is 6.03. The van der Waals surface area contributed by atoms with Crippen LogP contribution in [-0.2, 0) is 13.1 Å². The zero-order valence-electron chi connectivity index (χ0n) is 11.1. The van der Waals surface area contributed by atoms with Gasteiger partial charge >= 0.3 is 0 Å². The summed E-state index contributed by atoms with van der Waals surface area (Å²) in [5, 5.41) is 3.16. The van der Waals surface area contributed by atoms with Crippen LogP contribution in [0, 0.1) is 6.92 Å². The van der Waals surface area contributed by atoms with Crippen LogP contribution in [0.3, 0.4) is 0 Å². The lowest BCUT2D eigenvalue weighted by Crippen LogP contribution is -2.18. The van der Waals surface area contributed by atoms with Crippen LogP contribution in [0.2, 0.25) is 0 Å². The van der Waals surface area contributed by atoms with Crippen molar-refractivity contribution in [1.29, 1.82) is 0 Å². The van der Waals surface area contributed by atoms with E-state index in [4.69, 9.17) is 4.42 Å². The first kappa shape index (κ1) is 12.6. The number of aryl methyl sites for hydroxylation is 1. The highest BCUT2D eigenvalue weighted by molar-refractivity contribution is 5.42. The fourth-order valence-electron chi connectivity index (χ4n) is 1.96. The van der Waals surface area contributed by atoms with Crippen LogP contribution in [-0.4, -0.2) is 19.1 Å². The molecule has 0 aliphatic carbocycles. The third kappa shape index (κ3) is 3.11. The molecule has 0 amide bonds. The maximum absolute atomic E-state index is 5.08. The lowest BCUT2D eigenvalue weighted by Gasteiger charge is -2.18. The average molecular weight is 245 g/mol. The number of pyridine rings is 1. The quantitative estimate of drug-likeness (QED) is 0.878. The maximum atomic E-state index is 5.08. The molecule has 0 radical (unpaired) electrons. The van der Waals surface area contributed by atoms with Crippen LogP contribution in [0.25, 0.3) is 0 Å². The number of aromatic nitrogens is 1. The van der Waals surface area contributed by atoms with Crippen LogP contribution in [0.4, 0.5) is 5.82 Å². The topological polar surface area (TPSA) is 41.3 Å². The maximum Gasteiger partial charge on any atom is 0.129 e. The summed E-state index contributed by atoms with van der Waals surface area (Å²) in [6.07, 6.45) is 3.46. The molecule has 0 saturated carbocycles. The Morgan fingerprint density at radius 1 is 1.33 bits per heavy atom. The fraction of sp³-hybridized carbons (Fsp3) is 0.357. The number of furan rings is 1. The Labute approximate surface area is 108 Å². The molecular formula is C14H19N3O. The van der Waals surface area contributed by atoms with Gasteiger partial charge in [0.2, 0.25) is 0 Å². The molecule has 2 rings (SSSR count). The molecule has 4 heteroatoms. The van der Waals surface area contributed by atoms with Crippen molar-refractivity contribution in [2.75, 3.05) is 19.0 Å². The summed E-state index contributed by atoms with van der Waals surface area (Å²) in [6, 6.07) is 6.19. The van der Waals surface area contributed by atoms with E-state index in [9.17, 15) is 0 Å². The Kier molecular flexibility index (Phi) is 3.99. The predicted molar refractivity (Wildman–Crippen MR) is 72.6 cm³/mol. The predicted octanol–water partition coefficient (Wildman–Crippen LogP) is 2.34. The van der Waals surface area contributed by atoms with Gasteiger partial charge in [0.1, 0.15) is 5.82 Å². The SMILES string of the molecule is CNCc1cc(C)nc(N(C)Cc2ccoc2)c1. The van der Waals surface area contributed by atoms with E-state index in [1.165, 1.54) is 5.56 Å². The number of nitrogens with zero attached hydrogens (tertiary/aromatic N) is 2. The molecule has 2 aromatic heterocycles. The van der Waals surface area contributed by atoms with Gasteiger partial charge in [-0.25, -0.2) is 4.98 Å². The molecule has 0 aliphatic heterocycles. The van der Waals surface area contributed by atoms with Crippen molar-refractivity contribution < 1.29 is 4.42 Å². The fourth-order valence-corrected chi connectivity index (χ4v) is 1.96. The third-order valence-corrected chi connectivity index (χ3v) is 2.77. The van der Waals surface area contributed by atoms with Gasteiger partial charge in [0, 0.05) is 31.4 Å². The average Bonchev–Trinajstić information content (AvgIpc) is 2.81. The summed E-state index contributed by atoms with van der Waals surface area (Å²) in [5.74, 6) is 0.987. The molecule has 1 N–H and O–H groups in total. The van der Waals surface area contributed by atoms with E-state index in [1.807, 2.05) is 27.1 Å². The van der Waals surface area contributed by atoms with E-state index < -0.39 is 0 Å². The van der Waals surface area contributed by atoms with Gasteiger partial charge in [-0.05, 0) is 37.7 Å². The molecule has 4 nitrogen and oxygen atoms in total. The summed E-state index contributed by atoms with van der Waals surface area (Å²) >= 11 is 0. The Hall–Kier alpha value is -1.81. The summed E-state index contributed by atoms with van der Waals surface area (Å²) < 4.78 is 5.08. The number of rotatable bonds is 5. The minimum atomic E-state index is 0.798. The number of anilines is 1. The van der Waals surface area contributed by atoms with Crippen LogP contribution in [0.15, 0.2) is 35.1 Å². The van der Waals surface area contributed by atoms with Crippen molar-refractivity contribution in [3.8, 4) is 0 Å². The van der Waals surface area contributed by atoms with Gasteiger partial charge in [0.15, 0.2) is 0 Å². The lowest BCUT2D eigenvalue weighted by atomic mass is 10.2. The summed E-state index contributed by atoms with van der Waals surface area (Å²) in [5.41, 5.74) is 3.44. The molecule has 0 spiro atoms. The van der Waals surface area contributed by atoms with Crippen molar-refractivity contribution in [2.24, 2.45) is 0 Å². The molecule has 0 aliphatic rings. The van der Waals surface area contributed by atoms with Crippen LogP contribution in [0.5, 0.6) is 0 Å². The molecule has 96 valence electrons. The van der Waals surface area contributed by atoms with Gasteiger partial charge in [-0.1, -0.05) is 0 Å². The molecule has 0 fully saturated rings. The lowest BCUT2D eigenvalue weighted by molar-refractivity contribution is 0.563. The van der Waals surface area contributed by atoms with Gasteiger partial charge in [-0.15, -0.1) is 0 Å². The Bertz CT molecular complexity index is 494. The second kappa shape index (κ2) is 5.69. The second-order valence-electron chi connectivity index (χ2n) is 4.49. The molecule has 2 aromatic rings. The van der Waals surface area contributed by atoms with Crippen LogP contribution >= 0.6 is 0 Å². The van der Waals surface area contributed by atoms with Gasteiger partial charge in [-0.2, -0.15) is 0 Å². The standard InChI is InChI=1S/C14H19N3O/c1-11-6-13(8-15-2)7-14(16-11)17(3)9-12-4-5-18-10-12/h4-7,10,15H,8-9H2,1-3H3. The highest BCUT2D eigenvalue weighted by Crippen LogP contribution is 2.16. The second-order valence-corrected chi connectivity index (χ2v) is 4.49. The summed E-state index contributed by atoms with van der Waals surface area (Å²) in [4.78, 5) is 6.69. The summed E-state index contributed by atoms with van der Waals surface area (Å²) in [6.45, 7) is 3.68. The molecule has 0 bridgehead atoms. The van der Waals surface area contributed by atoms with Crippen LogP contribution < -0.4 is 10.2 Å². The first-order chi connectivity index (χ1) is 8.69. The molecular weight excluding hydrogens is 226 g/mol. The van der Waals surface area contributed by atoms with E-state index in [-0.39, 0.29) is 0 Å². The minimum Gasteiger partial charge on any atom is -0.472 e. The Morgan fingerprint density at radius 2 is 2.17 bits per heavy atom.